The summed E-state index contributed by atoms with van der Waals surface area (Å²) in [6, 6.07) is 10.3. The van der Waals surface area contributed by atoms with E-state index in [1.165, 1.54) is 22.6 Å². The van der Waals surface area contributed by atoms with Crippen LogP contribution in [0.2, 0.25) is 0 Å². The van der Waals surface area contributed by atoms with Gasteiger partial charge in [0.1, 0.15) is 0 Å². The molecule has 0 amide bonds. The molecule has 1 aliphatic heterocycles. The smallest absolute Gasteiger partial charge is 0.210 e. The summed E-state index contributed by atoms with van der Waals surface area (Å²) in [5.41, 5.74) is 10.4. The number of nitrogens with two attached hydrogens (primary N) is 1. The maximum absolute atomic E-state index is 5.69. The number of nitrogen functional groups attached to an aromatic ring is 1. The summed E-state index contributed by atoms with van der Waals surface area (Å²) in [7, 11) is 0. The van der Waals surface area contributed by atoms with E-state index in [1.807, 2.05) is 18.2 Å². The van der Waals surface area contributed by atoms with Crippen LogP contribution in [0.5, 0.6) is 0 Å². The lowest BCUT2D eigenvalue weighted by Gasteiger charge is -2.17. The van der Waals surface area contributed by atoms with E-state index < -0.39 is 0 Å². The van der Waals surface area contributed by atoms with Crippen molar-refractivity contribution in [1.29, 1.82) is 0 Å². The first-order valence-electron chi connectivity index (χ1n) is 7.27. The number of aromatic nitrogens is 4. The topological polar surface area (TPSA) is 83.7 Å². The molecule has 0 atom stereocenters. The van der Waals surface area contributed by atoms with Gasteiger partial charge in [-0.1, -0.05) is 41.7 Å². The van der Waals surface area contributed by atoms with E-state index in [-0.39, 0.29) is 0 Å². The van der Waals surface area contributed by atoms with E-state index in [4.69, 9.17) is 5.73 Å². The summed E-state index contributed by atoms with van der Waals surface area (Å²) in [4.78, 5) is 2.25. The Balaban J connectivity index is 1.62. The summed E-state index contributed by atoms with van der Waals surface area (Å²) in [5, 5.41) is 17.2. The highest BCUT2D eigenvalue weighted by Crippen LogP contribution is 2.29. The molecule has 4 rings (SSSR count). The molecule has 0 unspecified atom stereocenters. The molecule has 2 aromatic heterocycles. The molecular weight excluding hydrogens is 296 g/mol. The van der Waals surface area contributed by atoms with Gasteiger partial charge in [0.25, 0.3) is 0 Å². The fourth-order valence-corrected chi connectivity index (χ4v) is 3.52. The Morgan fingerprint density at radius 2 is 1.91 bits per heavy atom. The average molecular weight is 312 g/mol. The van der Waals surface area contributed by atoms with E-state index in [2.05, 4.69) is 37.4 Å². The van der Waals surface area contributed by atoms with Crippen molar-refractivity contribution in [1.82, 2.24) is 20.4 Å². The number of fused-ring (bicyclic) bond motifs is 1. The molecule has 1 aliphatic rings. The molecule has 0 radical (unpaired) electrons. The highest BCUT2D eigenvalue weighted by atomic mass is 32.1. The second-order valence-corrected chi connectivity index (χ2v) is 6.29. The average Bonchev–Trinajstić information content (AvgIpc) is 3.10. The Morgan fingerprint density at radius 3 is 2.68 bits per heavy atom. The molecule has 6 nitrogen and oxygen atoms in total. The zero-order valence-corrected chi connectivity index (χ0v) is 12.8. The predicted molar refractivity (Wildman–Crippen MR) is 88.0 cm³/mol. The zero-order chi connectivity index (χ0) is 14.9. The second kappa shape index (κ2) is 5.42. The van der Waals surface area contributed by atoms with Gasteiger partial charge in [0.15, 0.2) is 0 Å². The molecule has 112 valence electrons. The van der Waals surface area contributed by atoms with Crippen LogP contribution in [0.15, 0.2) is 30.3 Å². The van der Waals surface area contributed by atoms with Gasteiger partial charge >= 0.3 is 0 Å². The summed E-state index contributed by atoms with van der Waals surface area (Å²) >= 11 is 1.44. The van der Waals surface area contributed by atoms with Crippen LogP contribution in [0.3, 0.4) is 0 Å². The van der Waals surface area contributed by atoms with Crippen molar-refractivity contribution in [3.05, 3.63) is 41.6 Å². The Hall–Kier alpha value is -2.41. The normalized spacial score (nSPS) is 14.6. The van der Waals surface area contributed by atoms with Gasteiger partial charge in [-0.3, -0.25) is 5.10 Å². The number of hydrogen-bond acceptors (Lipinski definition) is 6. The number of nitrogens with one attached hydrogen (secondary N) is 1. The molecular formula is C15H16N6S. The monoisotopic (exact) mass is 312 g/mol. The van der Waals surface area contributed by atoms with Gasteiger partial charge < -0.3 is 10.6 Å². The zero-order valence-electron chi connectivity index (χ0n) is 12.0. The van der Waals surface area contributed by atoms with Crippen LogP contribution >= 0.6 is 11.3 Å². The lowest BCUT2D eigenvalue weighted by molar-refractivity contribution is 0.781. The van der Waals surface area contributed by atoms with E-state index >= 15 is 0 Å². The van der Waals surface area contributed by atoms with Crippen molar-refractivity contribution >= 4 is 21.6 Å². The Kier molecular flexibility index (Phi) is 3.27. The summed E-state index contributed by atoms with van der Waals surface area (Å²) in [5.74, 6) is 0. The maximum Gasteiger partial charge on any atom is 0.210 e. The molecule has 7 heteroatoms. The number of anilines is 2. The molecule has 1 aromatic carbocycles. The second-order valence-electron chi connectivity index (χ2n) is 5.31. The van der Waals surface area contributed by atoms with Crippen LogP contribution in [-0.2, 0) is 12.8 Å². The molecule has 3 heterocycles. The molecule has 0 aliphatic carbocycles. The quantitative estimate of drug-likeness (QED) is 0.757. The number of nitrogens with zero attached hydrogens (tertiary/aromatic N) is 4. The summed E-state index contributed by atoms with van der Waals surface area (Å²) in [6.07, 6.45) is 1.87. The molecule has 0 saturated heterocycles. The van der Waals surface area contributed by atoms with Crippen molar-refractivity contribution in [3.63, 3.8) is 0 Å². The van der Waals surface area contributed by atoms with Gasteiger partial charge in [-0.05, 0) is 6.42 Å². The lowest BCUT2D eigenvalue weighted by atomic mass is 10.0. The van der Waals surface area contributed by atoms with Crippen molar-refractivity contribution in [2.75, 3.05) is 23.7 Å². The van der Waals surface area contributed by atoms with Gasteiger partial charge in [-0.2, -0.15) is 5.10 Å². The summed E-state index contributed by atoms with van der Waals surface area (Å²) < 4.78 is 0. The molecule has 22 heavy (non-hydrogen) atoms. The maximum atomic E-state index is 5.69. The van der Waals surface area contributed by atoms with E-state index in [0.29, 0.717) is 5.13 Å². The number of rotatable bonds is 2. The van der Waals surface area contributed by atoms with E-state index in [1.54, 1.807) is 0 Å². The predicted octanol–water partition coefficient (Wildman–Crippen LogP) is 2.12. The lowest BCUT2D eigenvalue weighted by Crippen LogP contribution is -2.26. The molecule has 0 spiro atoms. The van der Waals surface area contributed by atoms with Crippen LogP contribution in [0.1, 0.15) is 11.3 Å². The summed E-state index contributed by atoms with van der Waals surface area (Å²) in [6.45, 7) is 1.80. The SMILES string of the molecule is Nc1nnc(N2CCc3[nH]nc(-c4ccccc4)c3CC2)s1. The number of hydrogen-bond donors (Lipinski definition) is 2. The number of benzene rings is 1. The van der Waals surface area contributed by atoms with Crippen LogP contribution in [-0.4, -0.2) is 33.5 Å². The highest BCUT2D eigenvalue weighted by molar-refractivity contribution is 7.18. The molecule has 3 N–H and O–H groups in total. The fourth-order valence-electron chi connectivity index (χ4n) is 2.86. The van der Waals surface area contributed by atoms with Crippen LogP contribution in [0.4, 0.5) is 10.3 Å². The standard InChI is InChI=1S/C15H16N6S/c16-14-19-20-15(22-14)21-8-6-11-12(7-9-21)17-18-13(11)10-4-2-1-3-5-10/h1-5H,6-9H2,(H2,16,19)(H,17,18). The largest absolute Gasteiger partial charge is 0.374 e. The van der Waals surface area contributed by atoms with Gasteiger partial charge in [-0.25, -0.2) is 0 Å². The molecule has 0 fully saturated rings. The first-order chi connectivity index (χ1) is 10.8. The molecule has 0 saturated carbocycles. The third kappa shape index (κ3) is 2.33. The third-order valence-corrected chi connectivity index (χ3v) is 4.78. The fraction of sp³-hybridized carbons (Fsp3) is 0.267. The minimum Gasteiger partial charge on any atom is -0.374 e. The molecule has 0 bridgehead atoms. The minimum absolute atomic E-state index is 0.518. The first kappa shape index (κ1) is 13.3. The van der Waals surface area contributed by atoms with E-state index in [0.717, 1.165) is 42.3 Å². The highest BCUT2D eigenvalue weighted by Gasteiger charge is 2.22. The number of H-pyrrole nitrogens is 1. The third-order valence-electron chi connectivity index (χ3n) is 3.96. The van der Waals surface area contributed by atoms with Gasteiger partial charge in [0, 0.05) is 36.3 Å². The minimum atomic E-state index is 0.518. The first-order valence-corrected chi connectivity index (χ1v) is 8.08. The van der Waals surface area contributed by atoms with Crippen molar-refractivity contribution in [2.24, 2.45) is 0 Å². The van der Waals surface area contributed by atoms with Crippen molar-refractivity contribution in [3.8, 4) is 11.3 Å². The Bertz CT molecular complexity index is 778. The molecule has 3 aromatic rings. The van der Waals surface area contributed by atoms with Gasteiger partial charge in [0.05, 0.1) is 5.69 Å². The van der Waals surface area contributed by atoms with Crippen LogP contribution < -0.4 is 10.6 Å². The Morgan fingerprint density at radius 1 is 1.09 bits per heavy atom. The van der Waals surface area contributed by atoms with Crippen LogP contribution in [0.25, 0.3) is 11.3 Å². The number of aromatic amines is 1. The van der Waals surface area contributed by atoms with E-state index in [9.17, 15) is 0 Å². The Labute approximate surface area is 132 Å². The van der Waals surface area contributed by atoms with Gasteiger partial charge in [-0.15, -0.1) is 10.2 Å². The van der Waals surface area contributed by atoms with Crippen molar-refractivity contribution < 1.29 is 0 Å². The van der Waals surface area contributed by atoms with Gasteiger partial charge in [0.2, 0.25) is 10.3 Å². The van der Waals surface area contributed by atoms with Crippen LogP contribution in [0, 0.1) is 0 Å². The van der Waals surface area contributed by atoms with Crippen molar-refractivity contribution in [2.45, 2.75) is 12.8 Å².